The molecule has 1 aromatic carbocycles. The van der Waals surface area contributed by atoms with Crippen LogP contribution in [0.2, 0.25) is 5.15 Å². The van der Waals surface area contributed by atoms with Crippen LogP contribution in [0.3, 0.4) is 0 Å². The first-order chi connectivity index (χ1) is 9.65. The van der Waals surface area contributed by atoms with E-state index in [1.54, 1.807) is 4.90 Å². The molecule has 0 bridgehead atoms. The summed E-state index contributed by atoms with van der Waals surface area (Å²) in [4.78, 5) is 20.1. The number of nitro groups is 1. The summed E-state index contributed by atoms with van der Waals surface area (Å²) in [6, 6.07) is 9.36. The van der Waals surface area contributed by atoms with Gasteiger partial charge >= 0.3 is 5.69 Å². The molecule has 0 aliphatic carbocycles. The van der Waals surface area contributed by atoms with Crippen LogP contribution in [0.1, 0.15) is 13.3 Å². The zero-order valence-corrected chi connectivity index (χ0v) is 11.6. The average molecular weight is 293 g/mol. The van der Waals surface area contributed by atoms with Crippen LogP contribution >= 0.6 is 11.6 Å². The van der Waals surface area contributed by atoms with Crippen molar-refractivity contribution < 1.29 is 4.92 Å². The molecule has 104 valence electrons. The van der Waals surface area contributed by atoms with E-state index >= 15 is 0 Å². The molecular formula is C13H13ClN4O2. The minimum Gasteiger partial charge on any atom is -0.321 e. The number of rotatable bonds is 5. The molecule has 0 amide bonds. The van der Waals surface area contributed by atoms with Crippen molar-refractivity contribution in [3.05, 3.63) is 51.9 Å². The number of halogens is 1. The van der Waals surface area contributed by atoms with Crippen molar-refractivity contribution in [3.8, 4) is 0 Å². The van der Waals surface area contributed by atoms with Crippen molar-refractivity contribution in [2.45, 2.75) is 13.3 Å². The summed E-state index contributed by atoms with van der Waals surface area (Å²) < 4.78 is 0. The van der Waals surface area contributed by atoms with Gasteiger partial charge in [-0.25, -0.2) is 9.97 Å². The molecular weight excluding hydrogens is 280 g/mol. The minimum absolute atomic E-state index is 0.156. The molecule has 20 heavy (non-hydrogen) atoms. The molecule has 0 N–H and O–H groups in total. The van der Waals surface area contributed by atoms with Gasteiger partial charge in [-0.1, -0.05) is 36.7 Å². The summed E-state index contributed by atoms with van der Waals surface area (Å²) in [6.45, 7) is 2.59. The first kappa shape index (κ1) is 14.2. The Bertz CT molecular complexity index is 607. The second-order valence-corrected chi connectivity index (χ2v) is 4.44. The molecule has 0 atom stereocenters. The van der Waals surface area contributed by atoms with E-state index in [0.29, 0.717) is 6.54 Å². The summed E-state index contributed by atoms with van der Waals surface area (Å²) in [5, 5.41) is 11.0. The van der Waals surface area contributed by atoms with Crippen LogP contribution in [-0.2, 0) is 0 Å². The molecule has 7 heteroatoms. The summed E-state index contributed by atoms with van der Waals surface area (Å²) in [7, 11) is 0. The largest absolute Gasteiger partial charge is 0.348 e. The minimum atomic E-state index is -0.552. The van der Waals surface area contributed by atoms with Crippen molar-refractivity contribution in [2.24, 2.45) is 0 Å². The number of anilines is 2. The number of nitrogens with zero attached hydrogens (tertiary/aromatic N) is 4. The van der Waals surface area contributed by atoms with Crippen LogP contribution < -0.4 is 4.90 Å². The Labute approximate surface area is 121 Å². The number of benzene rings is 1. The van der Waals surface area contributed by atoms with E-state index in [1.165, 1.54) is 6.33 Å². The van der Waals surface area contributed by atoms with E-state index in [4.69, 9.17) is 11.6 Å². The van der Waals surface area contributed by atoms with Gasteiger partial charge in [0.15, 0.2) is 0 Å². The highest BCUT2D eigenvalue weighted by molar-refractivity contribution is 6.31. The Kier molecular flexibility index (Phi) is 4.47. The molecule has 6 nitrogen and oxygen atoms in total. The fourth-order valence-corrected chi connectivity index (χ4v) is 2.09. The molecule has 2 rings (SSSR count). The predicted octanol–water partition coefficient (Wildman–Crippen LogP) is 3.59. The van der Waals surface area contributed by atoms with Crippen molar-refractivity contribution >= 4 is 28.8 Å². The first-order valence-corrected chi connectivity index (χ1v) is 6.50. The second-order valence-electron chi connectivity index (χ2n) is 4.08. The Balaban J connectivity index is 2.56. The Morgan fingerprint density at radius 3 is 2.60 bits per heavy atom. The van der Waals surface area contributed by atoms with E-state index in [1.807, 2.05) is 37.3 Å². The smallest absolute Gasteiger partial charge is 0.321 e. The molecule has 1 heterocycles. The maximum Gasteiger partial charge on any atom is 0.348 e. The monoisotopic (exact) mass is 292 g/mol. The van der Waals surface area contributed by atoms with Crippen LogP contribution in [-0.4, -0.2) is 21.4 Å². The third-order valence-corrected chi connectivity index (χ3v) is 2.99. The Morgan fingerprint density at radius 2 is 2.00 bits per heavy atom. The fraction of sp³-hybridized carbons (Fsp3) is 0.231. The average Bonchev–Trinajstić information content (AvgIpc) is 2.45. The first-order valence-electron chi connectivity index (χ1n) is 6.12. The van der Waals surface area contributed by atoms with Crippen LogP contribution in [0.5, 0.6) is 0 Å². The van der Waals surface area contributed by atoms with Gasteiger partial charge in [-0.3, -0.25) is 10.1 Å². The predicted molar refractivity (Wildman–Crippen MR) is 77.4 cm³/mol. The number of hydrogen-bond acceptors (Lipinski definition) is 5. The number of para-hydroxylation sites is 1. The maximum absolute atomic E-state index is 11.2. The standard InChI is InChI=1S/C13H13ClN4O2/c1-2-8-17(10-6-4-3-5-7-10)13-11(18(19)20)12(14)15-9-16-13/h3-7,9H,2,8H2,1H3. The lowest BCUT2D eigenvalue weighted by molar-refractivity contribution is -0.384. The molecule has 0 radical (unpaired) electrons. The number of aromatic nitrogens is 2. The van der Waals surface area contributed by atoms with Crippen molar-refractivity contribution in [1.82, 2.24) is 9.97 Å². The van der Waals surface area contributed by atoms with Crippen LogP contribution in [0.4, 0.5) is 17.2 Å². The summed E-state index contributed by atoms with van der Waals surface area (Å²) in [5.41, 5.74) is 0.554. The SMILES string of the molecule is CCCN(c1ccccc1)c1ncnc(Cl)c1[N+](=O)[O-]. The molecule has 0 saturated heterocycles. The molecule has 0 aliphatic rings. The lowest BCUT2D eigenvalue weighted by atomic mass is 10.2. The summed E-state index contributed by atoms with van der Waals surface area (Å²) >= 11 is 5.84. The fourth-order valence-electron chi connectivity index (χ4n) is 1.89. The summed E-state index contributed by atoms with van der Waals surface area (Å²) in [6.07, 6.45) is 2.05. The highest BCUT2D eigenvalue weighted by Crippen LogP contribution is 2.35. The molecule has 0 unspecified atom stereocenters. The van der Waals surface area contributed by atoms with Gasteiger partial charge in [0.1, 0.15) is 6.33 Å². The topological polar surface area (TPSA) is 72.2 Å². The van der Waals surface area contributed by atoms with E-state index in [0.717, 1.165) is 12.1 Å². The van der Waals surface area contributed by atoms with Crippen molar-refractivity contribution in [3.63, 3.8) is 0 Å². The van der Waals surface area contributed by atoms with Crippen molar-refractivity contribution in [1.29, 1.82) is 0 Å². The Hall–Kier alpha value is -2.21. The third-order valence-electron chi connectivity index (χ3n) is 2.71. The lowest BCUT2D eigenvalue weighted by Crippen LogP contribution is -2.20. The normalized spacial score (nSPS) is 10.3. The lowest BCUT2D eigenvalue weighted by Gasteiger charge is -2.22. The molecule has 0 aliphatic heterocycles. The van der Waals surface area contributed by atoms with Gasteiger partial charge in [0, 0.05) is 12.2 Å². The third kappa shape index (κ3) is 2.85. The Morgan fingerprint density at radius 1 is 1.30 bits per heavy atom. The van der Waals surface area contributed by atoms with Gasteiger partial charge in [-0.05, 0) is 18.6 Å². The van der Waals surface area contributed by atoms with Crippen molar-refractivity contribution in [2.75, 3.05) is 11.4 Å². The van der Waals surface area contributed by atoms with Gasteiger partial charge in [0.2, 0.25) is 11.0 Å². The van der Waals surface area contributed by atoms with E-state index in [2.05, 4.69) is 9.97 Å². The maximum atomic E-state index is 11.2. The molecule has 2 aromatic rings. The van der Waals surface area contributed by atoms with E-state index < -0.39 is 4.92 Å². The molecule has 0 saturated carbocycles. The van der Waals surface area contributed by atoms with Gasteiger partial charge in [0.25, 0.3) is 0 Å². The van der Waals surface area contributed by atoms with Gasteiger partial charge in [-0.2, -0.15) is 0 Å². The van der Waals surface area contributed by atoms with Crippen LogP contribution in [0.25, 0.3) is 0 Å². The van der Waals surface area contributed by atoms with Crippen LogP contribution in [0, 0.1) is 10.1 Å². The molecule has 1 aromatic heterocycles. The number of hydrogen-bond donors (Lipinski definition) is 0. The second kappa shape index (κ2) is 6.29. The highest BCUT2D eigenvalue weighted by Gasteiger charge is 2.26. The van der Waals surface area contributed by atoms with Crippen LogP contribution in [0.15, 0.2) is 36.7 Å². The summed E-state index contributed by atoms with van der Waals surface area (Å²) in [5.74, 6) is 0.211. The zero-order chi connectivity index (χ0) is 14.5. The zero-order valence-electron chi connectivity index (χ0n) is 10.9. The highest BCUT2D eigenvalue weighted by atomic mass is 35.5. The van der Waals surface area contributed by atoms with Gasteiger partial charge < -0.3 is 4.90 Å². The van der Waals surface area contributed by atoms with Gasteiger partial charge in [-0.15, -0.1) is 0 Å². The molecule has 0 fully saturated rings. The van der Waals surface area contributed by atoms with E-state index in [-0.39, 0.29) is 16.7 Å². The van der Waals surface area contributed by atoms with E-state index in [9.17, 15) is 10.1 Å². The quantitative estimate of drug-likeness (QED) is 0.478. The van der Waals surface area contributed by atoms with Gasteiger partial charge in [0.05, 0.1) is 4.92 Å². The molecule has 0 spiro atoms.